The Kier molecular flexibility index (Phi) is 6.89. The summed E-state index contributed by atoms with van der Waals surface area (Å²) in [5.41, 5.74) is 0.999. The Morgan fingerprint density at radius 1 is 1.38 bits per heavy atom. The fraction of sp³-hybridized carbons (Fsp3) is 0.647. The molecular formula is C17H25F3N2O2. The molecule has 2 N–H and O–H groups in total. The molecule has 0 amide bonds. The fourth-order valence-electron chi connectivity index (χ4n) is 2.90. The molecule has 2 atom stereocenters. The summed E-state index contributed by atoms with van der Waals surface area (Å²) < 4.78 is 42.5. The Labute approximate surface area is 140 Å². The summed E-state index contributed by atoms with van der Waals surface area (Å²) in [4.78, 5) is 1.99. The van der Waals surface area contributed by atoms with Gasteiger partial charge in [0.1, 0.15) is 18.5 Å². The molecule has 7 heteroatoms. The smallest absolute Gasteiger partial charge is 0.401 e. The molecule has 1 aromatic rings. The van der Waals surface area contributed by atoms with Gasteiger partial charge >= 0.3 is 6.18 Å². The molecule has 1 aliphatic rings. The summed E-state index contributed by atoms with van der Waals surface area (Å²) >= 11 is 0. The molecule has 0 spiro atoms. The normalized spacial score (nSPS) is 20.8. The maximum absolute atomic E-state index is 12.3. The highest BCUT2D eigenvalue weighted by Crippen LogP contribution is 2.18. The molecule has 0 bridgehead atoms. The molecule has 2 unspecified atom stereocenters. The number of rotatable bonds is 7. The van der Waals surface area contributed by atoms with Crippen molar-refractivity contribution in [2.45, 2.75) is 38.1 Å². The van der Waals surface area contributed by atoms with Crippen LogP contribution in [-0.4, -0.2) is 61.1 Å². The molecule has 1 fully saturated rings. The number of nitrogens with zero attached hydrogens (tertiary/aromatic N) is 1. The van der Waals surface area contributed by atoms with Crippen LogP contribution in [0.2, 0.25) is 0 Å². The number of piperidine rings is 1. The summed E-state index contributed by atoms with van der Waals surface area (Å²) in [6, 6.07) is 7.38. The zero-order valence-corrected chi connectivity index (χ0v) is 13.9. The number of para-hydroxylation sites is 1. The van der Waals surface area contributed by atoms with Gasteiger partial charge < -0.3 is 15.2 Å². The number of alkyl halides is 3. The van der Waals surface area contributed by atoms with Crippen LogP contribution in [0.4, 0.5) is 13.2 Å². The lowest BCUT2D eigenvalue weighted by Crippen LogP contribution is -2.50. The van der Waals surface area contributed by atoms with Gasteiger partial charge in [0, 0.05) is 19.1 Å². The van der Waals surface area contributed by atoms with E-state index in [2.05, 4.69) is 5.32 Å². The van der Waals surface area contributed by atoms with Gasteiger partial charge in [-0.15, -0.1) is 0 Å². The predicted molar refractivity (Wildman–Crippen MR) is 86.2 cm³/mol. The van der Waals surface area contributed by atoms with Crippen molar-refractivity contribution in [1.29, 1.82) is 0 Å². The minimum absolute atomic E-state index is 0.169. The Bertz CT molecular complexity index is 511. The highest BCUT2D eigenvalue weighted by molar-refractivity contribution is 5.31. The molecule has 0 aromatic heterocycles. The topological polar surface area (TPSA) is 44.7 Å². The number of aryl methyl sites for hydroxylation is 1. The number of β-amino-alcohol motifs (C(OH)–C–C–N with tert-alkyl or cyclic N) is 1. The van der Waals surface area contributed by atoms with E-state index < -0.39 is 18.8 Å². The number of hydrogen-bond donors (Lipinski definition) is 2. The molecule has 1 saturated heterocycles. The van der Waals surface area contributed by atoms with Crippen LogP contribution < -0.4 is 10.1 Å². The molecule has 1 heterocycles. The number of ether oxygens (including phenoxy) is 1. The van der Waals surface area contributed by atoms with Gasteiger partial charge in [0.25, 0.3) is 0 Å². The maximum atomic E-state index is 12.3. The molecule has 0 radical (unpaired) electrons. The number of likely N-dealkylation sites (tertiary alicyclic amines) is 1. The van der Waals surface area contributed by atoms with Crippen molar-refractivity contribution in [3.8, 4) is 5.75 Å². The van der Waals surface area contributed by atoms with Gasteiger partial charge in [-0.3, -0.25) is 4.90 Å². The predicted octanol–water partition coefficient (Wildman–Crippen LogP) is 2.35. The lowest BCUT2D eigenvalue weighted by molar-refractivity contribution is -0.127. The summed E-state index contributed by atoms with van der Waals surface area (Å²) in [6.45, 7) is 2.83. The van der Waals surface area contributed by atoms with Gasteiger partial charge in [0.05, 0.1) is 6.54 Å². The van der Waals surface area contributed by atoms with Crippen molar-refractivity contribution in [2.24, 2.45) is 0 Å². The molecule has 2 rings (SSSR count). The van der Waals surface area contributed by atoms with E-state index in [9.17, 15) is 18.3 Å². The van der Waals surface area contributed by atoms with E-state index in [1.807, 2.05) is 36.1 Å². The number of aliphatic hydroxyl groups excluding tert-OH is 1. The summed E-state index contributed by atoms with van der Waals surface area (Å²) in [5, 5.41) is 12.7. The second-order valence-electron chi connectivity index (χ2n) is 6.33. The first-order valence-corrected chi connectivity index (χ1v) is 8.22. The lowest BCUT2D eigenvalue weighted by atomic mass is 10.1. The van der Waals surface area contributed by atoms with Crippen molar-refractivity contribution >= 4 is 0 Å². The van der Waals surface area contributed by atoms with Gasteiger partial charge in [0.2, 0.25) is 0 Å². The van der Waals surface area contributed by atoms with Crippen LogP contribution in [0.1, 0.15) is 18.4 Å². The zero-order valence-electron chi connectivity index (χ0n) is 13.9. The van der Waals surface area contributed by atoms with Gasteiger partial charge in [-0.05, 0) is 37.9 Å². The van der Waals surface area contributed by atoms with E-state index in [1.54, 1.807) is 0 Å². The van der Waals surface area contributed by atoms with Crippen molar-refractivity contribution in [2.75, 3.05) is 32.8 Å². The Morgan fingerprint density at radius 3 is 2.83 bits per heavy atom. The number of halogens is 3. The van der Waals surface area contributed by atoms with E-state index in [1.165, 1.54) is 0 Å². The highest BCUT2D eigenvalue weighted by Gasteiger charge is 2.29. The number of benzene rings is 1. The number of nitrogens with one attached hydrogen (secondary N) is 1. The first-order chi connectivity index (χ1) is 11.3. The average Bonchev–Trinajstić information content (AvgIpc) is 2.52. The third kappa shape index (κ3) is 6.67. The molecule has 24 heavy (non-hydrogen) atoms. The standard InChI is InChI=1S/C17H25F3N2O2/c1-13-5-2-3-7-16(13)24-11-15(23)10-22-8-4-6-14(9-22)21-12-17(18,19)20/h2-3,5,7,14-15,21,23H,4,6,8-12H2,1H3. The molecule has 0 aliphatic carbocycles. The number of aliphatic hydroxyl groups is 1. The van der Waals surface area contributed by atoms with Crippen molar-refractivity contribution < 1.29 is 23.0 Å². The lowest BCUT2D eigenvalue weighted by Gasteiger charge is -2.34. The first kappa shape index (κ1) is 19.0. The summed E-state index contributed by atoms with van der Waals surface area (Å²) in [6.07, 6.45) is -3.32. The van der Waals surface area contributed by atoms with Crippen LogP contribution in [0.3, 0.4) is 0 Å². The van der Waals surface area contributed by atoms with Crippen molar-refractivity contribution in [1.82, 2.24) is 10.2 Å². The van der Waals surface area contributed by atoms with E-state index in [0.29, 0.717) is 13.1 Å². The molecule has 1 aromatic carbocycles. The SMILES string of the molecule is Cc1ccccc1OCC(O)CN1CCCC(NCC(F)(F)F)C1. The minimum atomic E-state index is -4.19. The quantitative estimate of drug-likeness (QED) is 0.796. The molecule has 1 aliphatic heterocycles. The van der Waals surface area contributed by atoms with Crippen LogP contribution in [0.25, 0.3) is 0 Å². The third-order valence-electron chi connectivity index (χ3n) is 4.09. The van der Waals surface area contributed by atoms with Gasteiger partial charge in [-0.2, -0.15) is 13.2 Å². The molecular weight excluding hydrogens is 321 g/mol. The van der Waals surface area contributed by atoms with Gasteiger partial charge in [0.15, 0.2) is 0 Å². The molecule has 4 nitrogen and oxygen atoms in total. The van der Waals surface area contributed by atoms with Crippen molar-refractivity contribution in [3.63, 3.8) is 0 Å². The summed E-state index contributed by atoms with van der Waals surface area (Å²) in [7, 11) is 0. The first-order valence-electron chi connectivity index (χ1n) is 8.22. The third-order valence-corrected chi connectivity index (χ3v) is 4.09. The van der Waals surface area contributed by atoms with Gasteiger partial charge in [-0.1, -0.05) is 18.2 Å². The average molecular weight is 346 g/mol. The molecule has 136 valence electrons. The zero-order chi connectivity index (χ0) is 17.6. The van der Waals surface area contributed by atoms with Crippen LogP contribution in [0.15, 0.2) is 24.3 Å². The number of hydrogen-bond acceptors (Lipinski definition) is 4. The second kappa shape index (κ2) is 8.69. The van der Waals surface area contributed by atoms with Crippen molar-refractivity contribution in [3.05, 3.63) is 29.8 Å². The fourth-order valence-corrected chi connectivity index (χ4v) is 2.90. The Balaban J connectivity index is 1.73. The minimum Gasteiger partial charge on any atom is -0.491 e. The summed E-state index contributed by atoms with van der Waals surface area (Å²) in [5.74, 6) is 0.736. The largest absolute Gasteiger partial charge is 0.491 e. The van der Waals surface area contributed by atoms with E-state index >= 15 is 0 Å². The van der Waals surface area contributed by atoms with E-state index in [-0.39, 0.29) is 12.6 Å². The Hall–Kier alpha value is -1.31. The van der Waals surface area contributed by atoms with Crippen LogP contribution >= 0.6 is 0 Å². The second-order valence-corrected chi connectivity index (χ2v) is 6.33. The van der Waals surface area contributed by atoms with Crippen LogP contribution in [0.5, 0.6) is 5.75 Å². The monoisotopic (exact) mass is 346 g/mol. The van der Waals surface area contributed by atoms with E-state index in [0.717, 1.165) is 30.7 Å². The molecule has 0 saturated carbocycles. The highest BCUT2D eigenvalue weighted by atomic mass is 19.4. The maximum Gasteiger partial charge on any atom is 0.401 e. The van der Waals surface area contributed by atoms with Crippen LogP contribution in [0, 0.1) is 6.92 Å². The van der Waals surface area contributed by atoms with Crippen LogP contribution in [-0.2, 0) is 0 Å². The Morgan fingerprint density at radius 2 is 2.12 bits per heavy atom. The van der Waals surface area contributed by atoms with Gasteiger partial charge in [-0.25, -0.2) is 0 Å². The van der Waals surface area contributed by atoms with E-state index in [4.69, 9.17) is 4.74 Å².